The van der Waals surface area contributed by atoms with Crippen LogP contribution in [-0.2, 0) is 0 Å². The first-order valence-corrected chi connectivity index (χ1v) is 14.3. The fourth-order valence-corrected chi connectivity index (χ4v) is 6.79. The minimum atomic E-state index is 0.854. The lowest BCUT2D eigenvalue weighted by atomic mass is 9.82. The van der Waals surface area contributed by atoms with E-state index in [4.69, 9.17) is 9.47 Å². The molecule has 0 amide bonds. The van der Waals surface area contributed by atoms with Crippen molar-refractivity contribution in [2.24, 2.45) is 0 Å². The maximum absolute atomic E-state index is 5.52. The predicted molar refractivity (Wildman–Crippen MR) is 175 cm³/mol. The molecule has 1 aliphatic carbocycles. The van der Waals surface area contributed by atoms with Gasteiger partial charge in [-0.1, -0.05) is 109 Å². The SMILES string of the molecule is COc1ccc(-c2c3c(c(-c4ccc(OC)cc4)c4ccccc24)-c2ccc(-c4ccccc4)c4cccc-3c24)cc1. The van der Waals surface area contributed by atoms with Crippen molar-refractivity contribution in [2.75, 3.05) is 14.2 Å². The minimum Gasteiger partial charge on any atom is -0.497 e. The van der Waals surface area contributed by atoms with Gasteiger partial charge < -0.3 is 9.47 Å². The summed E-state index contributed by atoms with van der Waals surface area (Å²) >= 11 is 0. The van der Waals surface area contributed by atoms with Gasteiger partial charge in [0.15, 0.2) is 0 Å². The number of hydrogen-bond acceptors (Lipinski definition) is 2. The van der Waals surface area contributed by atoms with Gasteiger partial charge in [-0.15, -0.1) is 0 Å². The number of methoxy groups -OCH3 is 2. The summed E-state index contributed by atoms with van der Waals surface area (Å²) in [5.41, 5.74) is 12.5. The normalized spacial score (nSPS) is 11.6. The highest BCUT2D eigenvalue weighted by atomic mass is 16.5. The molecule has 8 rings (SSSR count). The molecule has 1 aliphatic rings. The molecular formula is C40H28O2. The maximum atomic E-state index is 5.52. The fourth-order valence-electron chi connectivity index (χ4n) is 6.79. The van der Waals surface area contributed by atoms with Gasteiger partial charge in [0.25, 0.3) is 0 Å². The van der Waals surface area contributed by atoms with E-state index in [9.17, 15) is 0 Å². The number of rotatable bonds is 5. The summed E-state index contributed by atoms with van der Waals surface area (Å²) in [6.07, 6.45) is 0. The van der Waals surface area contributed by atoms with Crippen LogP contribution in [0.25, 0.3) is 77.2 Å². The fraction of sp³-hybridized carbons (Fsp3) is 0.0500. The smallest absolute Gasteiger partial charge is 0.118 e. The lowest BCUT2D eigenvalue weighted by Crippen LogP contribution is -1.94. The highest BCUT2D eigenvalue weighted by Crippen LogP contribution is 2.58. The first-order valence-electron chi connectivity index (χ1n) is 14.3. The van der Waals surface area contributed by atoms with E-state index in [1.54, 1.807) is 14.2 Å². The van der Waals surface area contributed by atoms with Crippen molar-refractivity contribution in [1.29, 1.82) is 0 Å². The summed E-state index contributed by atoms with van der Waals surface area (Å²) in [5, 5.41) is 5.06. The average Bonchev–Trinajstić information content (AvgIpc) is 3.39. The molecule has 0 saturated heterocycles. The zero-order valence-corrected chi connectivity index (χ0v) is 23.5. The molecule has 7 aromatic rings. The van der Waals surface area contributed by atoms with Crippen LogP contribution in [0.2, 0.25) is 0 Å². The molecule has 200 valence electrons. The number of hydrogen-bond donors (Lipinski definition) is 0. The topological polar surface area (TPSA) is 18.5 Å². The lowest BCUT2D eigenvalue weighted by molar-refractivity contribution is 0.415. The minimum absolute atomic E-state index is 0.854. The van der Waals surface area contributed by atoms with E-state index in [2.05, 4.69) is 133 Å². The maximum Gasteiger partial charge on any atom is 0.118 e. The van der Waals surface area contributed by atoms with Crippen molar-refractivity contribution in [2.45, 2.75) is 0 Å². The summed E-state index contributed by atoms with van der Waals surface area (Å²) in [7, 11) is 3.43. The lowest BCUT2D eigenvalue weighted by Gasteiger charge is -2.20. The van der Waals surface area contributed by atoms with Gasteiger partial charge in [0, 0.05) is 0 Å². The van der Waals surface area contributed by atoms with E-state index in [1.165, 1.54) is 77.2 Å². The number of ether oxygens (including phenoxy) is 2. The first kappa shape index (κ1) is 24.5. The van der Waals surface area contributed by atoms with Crippen molar-refractivity contribution >= 4 is 21.5 Å². The molecule has 0 atom stereocenters. The van der Waals surface area contributed by atoms with Crippen molar-refractivity contribution in [1.82, 2.24) is 0 Å². The van der Waals surface area contributed by atoms with Gasteiger partial charge in [-0.3, -0.25) is 0 Å². The third kappa shape index (κ3) is 3.59. The Morgan fingerprint density at radius 3 is 1.36 bits per heavy atom. The standard InChI is InChI=1S/C40H28O2/c1-41-28-19-15-26(16-20-28)36-32-11-6-7-12-33(32)37(27-17-21-29(42-2)22-18-27)40-35-24-23-30(25-9-4-3-5-10-25)31-13-8-14-34(38(31)35)39(36)40/h3-24H,1-2H3. The number of benzene rings is 7. The predicted octanol–water partition coefficient (Wildman–Crippen LogP) is 10.7. The van der Waals surface area contributed by atoms with Crippen LogP contribution in [0.4, 0.5) is 0 Å². The average molecular weight is 541 g/mol. The highest BCUT2D eigenvalue weighted by molar-refractivity contribution is 6.28. The number of fused-ring (bicyclic) bond motifs is 4. The van der Waals surface area contributed by atoms with Gasteiger partial charge in [-0.05, 0) is 101 Å². The zero-order chi connectivity index (χ0) is 28.2. The molecule has 0 N–H and O–H groups in total. The van der Waals surface area contributed by atoms with Gasteiger partial charge in [0.2, 0.25) is 0 Å². The Morgan fingerprint density at radius 1 is 0.333 bits per heavy atom. The summed E-state index contributed by atoms with van der Waals surface area (Å²) in [6, 6.07) is 47.9. The molecule has 0 aliphatic heterocycles. The second kappa shape index (κ2) is 9.64. The van der Waals surface area contributed by atoms with Crippen LogP contribution in [0.5, 0.6) is 11.5 Å². The van der Waals surface area contributed by atoms with Crippen LogP contribution in [0, 0.1) is 0 Å². The van der Waals surface area contributed by atoms with Gasteiger partial charge in [0.1, 0.15) is 11.5 Å². The molecule has 0 radical (unpaired) electrons. The Hall–Kier alpha value is -5.34. The Balaban J connectivity index is 1.54. The highest BCUT2D eigenvalue weighted by Gasteiger charge is 2.31. The molecular weight excluding hydrogens is 512 g/mol. The third-order valence-electron chi connectivity index (χ3n) is 8.64. The largest absolute Gasteiger partial charge is 0.497 e. The molecule has 0 aromatic heterocycles. The molecule has 2 heteroatoms. The summed E-state index contributed by atoms with van der Waals surface area (Å²) < 4.78 is 11.0. The quantitative estimate of drug-likeness (QED) is 0.216. The summed E-state index contributed by atoms with van der Waals surface area (Å²) in [5.74, 6) is 1.71. The van der Waals surface area contributed by atoms with Gasteiger partial charge >= 0.3 is 0 Å². The molecule has 0 unspecified atom stereocenters. The van der Waals surface area contributed by atoms with Gasteiger partial charge in [0.05, 0.1) is 14.2 Å². The monoisotopic (exact) mass is 540 g/mol. The van der Waals surface area contributed by atoms with Crippen LogP contribution in [0.3, 0.4) is 0 Å². The molecule has 0 heterocycles. The molecule has 0 fully saturated rings. The second-order valence-corrected chi connectivity index (χ2v) is 10.8. The van der Waals surface area contributed by atoms with Crippen LogP contribution in [-0.4, -0.2) is 14.2 Å². The van der Waals surface area contributed by atoms with Crippen LogP contribution >= 0.6 is 0 Å². The van der Waals surface area contributed by atoms with E-state index in [0.29, 0.717) is 0 Å². The molecule has 42 heavy (non-hydrogen) atoms. The van der Waals surface area contributed by atoms with Gasteiger partial charge in [-0.25, -0.2) is 0 Å². The Morgan fingerprint density at radius 2 is 0.810 bits per heavy atom. The Bertz CT molecular complexity index is 2020. The van der Waals surface area contributed by atoms with Gasteiger partial charge in [-0.2, -0.15) is 0 Å². The Kier molecular flexibility index (Phi) is 5.61. The molecule has 7 aromatic carbocycles. The third-order valence-corrected chi connectivity index (χ3v) is 8.64. The van der Waals surface area contributed by atoms with Crippen molar-refractivity contribution < 1.29 is 9.47 Å². The van der Waals surface area contributed by atoms with Crippen molar-refractivity contribution in [3.63, 3.8) is 0 Å². The van der Waals surface area contributed by atoms with Crippen LogP contribution in [0.1, 0.15) is 0 Å². The van der Waals surface area contributed by atoms with E-state index in [0.717, 1.165) is 11.5 Å². The summed E-state index contributed by atoms with van der Waals surface area (Å²) in [6.45, 7) is 0. The molecule has 0 bridgehead atoms. The van der Waals surface area contributed by atoms with Crippen molar-refractivity contribution in [3.05, 3.63) is 133 Å². The molecule has 2 nitrogen and oxygen atoms in total. The second-order valence-electron chi connectivity index (χ2n) is 10.8. The van der Waals surface area contributed by atoms with E-state index < -0.39 is 0 Å². The zero-order valence-electron chi connectivity index (χ0n) is 23.5. The molecule has 0 spiro atoms. The van der Waals surface area contributed by atoms with E-state index in [-0.39, 0.29) is 0 Å². The van der Waals surface area contributed by atoms with Crippen LogP contribution < -0.4 is 9.47 Å². The first-order chi connectivity index (χ1) is 20.8. The van der Waals surface area contributed by atoms with Crippen molar-refractivity contribution in [3.8, 4) is 67.1 Å². The van der Waals surface area contributed by atoms with Crippen LogP contribution in [0.15, 0.2) is 133 Å². The van der Waals surface area contributed by atoms with E-state index >= 15 is 0 Å². The molecule has 0 saturated carbocycles. The Labute approximate surface area is 245 Å². The van der Waals surface area contributed by atoms with E-state index in [1.807, 2.05) is 0 Å². The summed E-state index contributed by atoms with van der Waals surface area (Å²) in [4.78, 5) is 0.